The number of hydrogen-bond acceptors (Lipinski definition) is 2. The molecule has 0 bridgehead atoms. The summed E-state index contributed by atoms with van der Waals surface area (Å²) in [7, 11) is 0. The Hall–Kier alpha value is -0.130. The predicted octanol–water partition coefficient (Wildman–Crippen LogP) is 4.34. The van der Waals surface area contributed by atoms with Crippen molar-refractivity contribution in [3.05, 3.63) is 46.2 Å². The summed E-state index contributed by atoms with van der Waals surface area (Å²) in [5.74, 6) is -0.189. The van der Waals surface area contributed by atoms with Crippen molar-refractivity contribution in [2.45, 2.75) is 19.4 Å². The first-order valence-corrected chi connectivity index (χ1v) is 7.40. The van der Waals surface area contributed by atoms with E-state index >= 15 is 0 Å². The molecule has 1 aromatic rings. The molecule has 1 fully saturated rings. The Bertz CT molecular complexity index is 445. The van der Waals surface area contributed by atoms with E-state index in [1.807, 2.05) is 13.0 Å². The zero-order valence-corrected chi connectivity index (χ0v) is 15.3. The van der Waals surface area contributed by atoms with Gasteiger partial charge in [-0.25, -0.2) is 4.39 Å². The number of nitrogens with zero attached hydrogens (tertiary/aromatic N) is 1. The van der Waals surface area contributed by atoms with Crippen molar-refractivity contribution < 1.29 is 4.39 Å². The average molecular weight is 400 g/mol. The van der Waals surface area contributed by atoms with Crippen molar-refractivity contribution in [1.29, 1.82) is 0 Å². The zero-order chi connectivity index (χ0) is 13.8. The normalized spacial score (nSPS) is 16.5. The van der Waals surface area contributed by atoms with Crippen molar-refractivity contribution in [2.75, 3.05) is 26.2 Å². The molecular formula is C15H22BrCl2FN2. The van der Waals surface area contributed by atoms with Gasteiger partial charge >= 0.3 is 0 Å². The average Bonchev–Trinajstić information content (AvgIpc) is 2.35. The lowest BCUT2D eigenvalue weighted by atomic mass is 9.98. The van der Waals surface area contributed by atoms with Gasteiger partial charge in [0, 0.05) is 36.7 Å². The van der Waals surface area contributed by atoms with Crippen molar-refractivity contribution in [3.63, 3.8) is 0 Å². The van der Waals surface area contributed by atoms with Crippen LogP contribution in [0.25, 0.3) is 0 Å². The highest BCUT2D eigenvalue weighted by Gasteiger charge is 2.22. The van der Waals surface area contributed by atoms with E-state index in [4.69, 9.17) is 0 Å². The van der Waals surface area contributed by atoms with Crippen LogP contribution in [0, 0.1) is 5.82 Å². The van der Waals surface area contributed by atoms with Crippen LogP contribution in [-0.2, 0) is 0 Å². The van der Waals surface area contributed by atoms with Crippen LogP contribution in [0.4, 0.5) is 4.39 Å². The van der Waals surface area contributed by atoms with E-state index in [0.29, 0.717) is 0 Å². The molecule has 0 aliphatic carbocycles. The SMILES string of the molecule is C=C(C)C[C@H](c1cc(F)cc(Br)c1)N1CCNCC1.Cl.Cl. The molecule has 1 atom stereocenters. The molecule has 6 heteroatoms. The number of halogens is 4. The van der Waals surface area contributed by atoms with Crippen LogP contribution in [0.3, 0.4) is 0 Å². The molecule has 2 nitrogen and oxygen atoms in total. The standard InChI is InChI=1S/C15H20BrFN2.2ClH/c1-11(2)7-15(19-5-3-18-4-6-19)12-8-13(16)10-14(17)9-12;;/h8-10,15,18H,1,3-7H2,2H3;2*1H/t15-;;/m1../s1. The van der Waals surface area contributed by atoms with Crippen LogP contribution in [0.15, 0.2) is 34.8 Å². The van der Waals surface area contributed by atoms with Crippen LogP contribution in [0.5, 0.6) is 0 Å². The van der Waals surface area contributed by atoms with Crippen LogP contribution in [0.2, 0.25) is 0 Å². The summed E-state index contributed by atoms with van der Waals surface area (Å²) in [5, 5.41) is 3.35. The smallest absolute Gasteiger partial charge is 0.124 e. The lowest BCUT2D eigenvalue weighted by molar-refractivity contribution is 0.172. The Labute approximate surface area is 147 Å². The Morgan fingerprint density at radius 2 is 1.95 bits per heavy atom. The highest BCUT2D eigenvalue weighted by molar-refractivity contribution is 9.10. The van der Waals surface area contributed by atoms with Crippen molar-refractivity contribution >= 4 is 40.7 Å². The van der Waals surface area contributed by atoms with Crippen molar-refractivity contribution in [2.24, 2.45) is 0 Å². The Morgan fingerprint density at radius 3 is 2.48 bits per heavy atom. The van der Waals surface area contributed by atoms with E-state index in [9.17, 15) is 4.39 Å². The van der Waals surface area contributed by atoms with Crippen LogP contribution in [-0.4, -0.2) is 31.1 Å². The molecule has 1 saturated heterocycles. The van der Waals surface area contributed by atoms with E-state index in [1.54, 1.807) is 6.07 Å². The minimum absolute atomic E-state index is 0. The second-order valence-corrected chi connectivity index (χ2v) is 6.08. The van der Waals surface area contributed by atoms with E-state index in [2.05, 4.69) is 32.7 Å². The van der Waals surface area contributed by atoms with Crippen molar-refractivity contribution in [1.82, 2.24) is 10.2 Å². The van der Waals surface area contributed by atoms with E-state index in [0.717, 1.165) is 48.2 Å². The molecule has 120 valence electrons. The molecule has 1 aliphatic heterocycles. The number of nitrogens with one attached hydrogen (secondary N) is 1. The van der Waals surface area contributed by atoms with Gasteiger partial charge in [-0.15, -0.1) is 31.4 Å². The molecule has 0 saturated carbocycles. The summed E-state index contributed by atoms with van der Waals surface area (Å²) in [6.07, 6.45) is 0.871. The first-order valence-electron chi connectivity index (χ1n) is 6.61. The highest BCUT2D eigenvalue weighted by atomic mass is 79.9. The largest absolute Gasteiger partial charge is 0.314 e. The maximum Gasteiger partial charge on any atom is 0.124 e. The number of piperazine rings is 1. The molecule has 0 radical (unpaired) electrons. The van der Waals surface area contributed by atoms with Crippen LogP contribution in [0.1, 0.15) is 24.9 Å². The van der Waals surface area contributed by atoms with E-state index in [-0.39, 0.29) is 36.7 Å². The van der Waals surface area contributed by atoms with Gasteiger partial charge in [0.2, 0.25) is 0 Å². The lowest BCUT2D eigenvalue weighted by Gasteiger charge is -2.35. The number of benzene rings is 1. The molecule has 1 N–H and O–H groups in total. The molecule has 0 amide bonds. The van der Waals surface area contributed by atoms with E-state index < -0.39 is 0 Å². The predicted molar refractivity (Wildman–Crippen MR) is 95.2 cm³/mol. The molecule has 0 aromatic heterocycles. The molecule has 1 aliphatic rings. The summed E-state index contributed by atoms with van der Waals surface area (Å²) in [6, 6.07) is 5.37. The highest BCUT2D eigenvalue weighted by Crippen LogP contribution is 2.30. The summed E-state index contributed by atoms with van der Waals surface area (Å²) >= 11 is 3.38. The molecule has 1 heterocycles. The number of rotatable bonds is 4. The third-order valence-corrected chi connectivity index (χ3v) is 3.86. The van der Waals surface area contributed by atoms with Gasteiger partial charge in [-0.3, -0.25) is 4.90 Å². The Kier molecular flexibility index (Phi) is 9.74. The second kappa shape index (κ2) is 9.80. The zero-order valence-electron chi connectivity index (χ0n) is 12.1. The van der Waals surface area contributed by atoms with Gasteiger partial charge < -0.3 is 5.32 Å². The first kappa shape index (κ1) is 20.9. The topological polar surface area (TPSA) is 15.3 Å². The van der Waals surface area contributed by atoms with Crippen LogP contribution < -0.4 is 5.32 Å². The third kappa shape index (κ3) is 6.25. The fourth-order valence-corrected chi connectivity index (χ4v) is 3.03. The monoisotopic (exact) mass is 398 g/mol. The molecular weight excluding hydrogens is 378 g/mol. The quantitative estimate of drug-likeness (QED) is 0.757. The summed E-state index contributed by atoms with van der Waals surface area (Å²) < 4.78 is 14.4. The van der Waals surface area contributed by atoms with Gasteiger partial charge in [0.25, 0.3) is 0 Å². The number of hydrogen-bond donors (Lipinski definition) is 1. The Balaban J connectivity index is 0.00000200. The fraction of sp³-hybridized carbons (Fsp3) is 0.467. The molecule has 1 aromatic carbocycles. The van der Waals surface area contributed by atoms with Gasteiger partial charge in [0.1, 0.15) is 5.82 Å². The van der Waals surface area contributed by atoms with Gasteiger partial charge in [-0.2, -0.15) is 0 Å². The third-order valence-electron chi connectivity index (χ3n) is 3.40. The molecule has 0 spiro atoms. The summed E-state index contributed by atoms with van der Waals surface area (Å²) in [5.41, 5.74) is 2.15. The maximum absolute atomic E-state index is 13.6. The van der Waals surface area contributed by atoms with Gasteiger partial charge in [-0.05, 0) is 37.1 Å². The minimum atomic E-state index is -0.189. The molecule has 2 rings (SSSR count). The van der Waals surface area contributed by atoms with Gasteiger partial charge in [0.05, 0.1) is 0 Å². The molecule has 0 unspecified atom stereocenters. The Morgan fingerprint density at radius 1 is 1.33 bits per heavy atom. The minimum Gasteiger partial charge on any atom is -0.314 e. The fourth-order valence-electron chi connectivity index (χ4n) is 2.55. The lowest BCUT2D eigenvalue weighted by Crippen LogP contribution is -2.45. The van der Waals surface area contributed by atoms with Gasteiger partial charge in [0.15, 0.2) is 0 Å². The van der Waals surface area contributed by atoms with E-state index in [1.165, 1.54) is 6.07 Å². The van der Waals surface area contributed by atoms with Crippen LogP contribution >= 0.6 is 40.7 Å². The summed E-state index contributed by atoms with van der Waals surface area (Å²) in [4.78, 5) is 2.41. The van der Waals surface area contributed by atoms with Crippen molar-refractivity contribution in [3.8, 4) is 0 Å². The molecule has 21 heavy (non-hydrogen) atoms. The summed E-state index contributed by atoms with van der Waals surface area (Å²) in [6.45, 7) is 10.0. The van der Waals surface area contributed by atoms with Gasteiger partial charge in [-0.1, -0.05) is 21.5 Å². The maximum atomic E-state index is 13.6. The first-order chi connectivity index (χ1) is 9.06. The second-order valence-electron chi connectivity index (χ2n) is 5.17.